The maximum atomic E-state index is 11.9. The molecule has 4 nitrogen and oxygen atoms in total. The van der Waals surface area contributed by atoms with Gasteiger partial charge in [0, 0.05) is 6.04 Å². The molecular weight excluding hydrogens is 262 g/mol. The Morgan fingerprint density at radius 3 is 2.52 bits per heavy atom. The van der Waals surface area contributed by atoms with Crippen LogP contribution in [0.3, 0.4) is 0 Å². The molecule has 2 rings (SSSR count). The largest absolute Gasteiger partial charge is 0.368 e. The van der Waals surface area contributed by atoms with Gasteiger partial charge in [-0.2, -0.15) is 0 Å². The standard InChI is InChI=1S/C17H33N3O/c1-3-20(15-9-5-4-6-10-15)13-11-14-8-7-12-17(14,19-2)16(18)21/h14-15,19H,3-13H2,1-2H3,(H2,18,21). The molecule has 0 heterocycles. The molecule has 0 aromatic carbocycles. The van der Waals surface area contributed by atoms with Crippen molar-refractivity contribution in [3.05, 3.63) is 0 Å². The van der Waals surface area contributed by atoms with Crippen LogP contribution in [0.1, 0.15) is 64.7 Å². The van der Waals surface area contributed by atoms with Crippen molar-refractivity contribution >= 4 is 5.91 Å². The van der Waals surface area contributed by atoms with Gasteiger partial charge in [0.05, 0.1) is 0 Å². The van der Waals surface area contributed by atoms with E-state index in [-0.39, 0.29) is 5.91 Å². The fourth-order valence-electron chi connectivity index (χ4n) is 4.61. The van der Waals surface area contributed by atoms with E-state index in [2.05, 4.69) is 17.1 Å². The first-order valence-electron chi connectivity index (χ1n) is 8.87. The van der Waals surface area contributed by atoms with Gasteiger partial charge in [0.15, 0.2) is 0 Å². The van der Waals surface area contributed by atoms with Gasteiger partial charge in [-0.3, -0.25) is 4.79 Å². The number of carbonyl (C=O) groups excluding carboxylic acids is 1. The molecule has 0 aromatic rings. The smallest absolute Gasteiger partial charge is 0.238 e. The molecule has 2 fully saturated rings. The van der Waals surface area contributed by atoms with Crippen LogP contribution in [0.15, 0.2) is 0 Å². The van der Waals surface area contributed by atoms with Crippen LogP contribution in [0.5, 0.6) is 0 Å². The van der Waals surface area contributed by atoms with Gasteiger partial charge in [-0.25, -0.2) is 0 Å². The predicted octanol–water partition coefficient (Wildman–Crippen LogP) is 2.27. The third kappa shape index (κ3) is 3.59. The molecular formula is C17H33N3O. The summed E-state index contributed by atoms with van der Waals surface area (Å²) in [4.78, 5) is 14.6. The van der Waals surface area contributed by atoms with Gasteiger partial charge < -0.3 is 16.0 Å². The fraction of sp³-hybridized carbons (Fsp3) is 0.941. The normalized spacial score (nSPS) is 30.9. The number of nitrogens with two attached hydrogens (primary N) is 1. The summed E-state index contributed by atoms with van der Waals surface area (Å²) < 4.78 is 0. The molecule has 4 heteroatoms. The zero-order valence-electron chi connectivity index (χ0n) is 13.9. The molecule has 0 saturated heterocycles. The second kappa shape index (κ2) is 7.59. The predicted molar refractivity (Wildman–Crippen MR) is 87.1 cm³/mol. The van der Waals surface area contributed by atoms with E-state index in [0.717, 1.165) is 44.8 Å². The summed E-state index contributed by atoms with van der Waals surface area (Å²) in [6, 6.07) is 0.766. The monoisotopic (exact) mass is 295 g/mol. The number of likely N-dealkylation sites (N-methyl/N-ethyl adjacent to an activating group) is 1. The SMILES string of the molecule is CCN(CCC1CCCC1(NC)C(N)=O)C1CCCCC1. The van der Waals surface area contributed by atoms with E-state index in [4.69, 9.17) is 5.73 Å². The molecule has 1 amide bonds. The first kappa shape index (κ1) is 16.8. The van der Waals surface area contributed by atoms with E-state index in [0.29, 0.717) is 5.92 Å². The quantitative estimate of drug-likeness (QED) is 0.757. The van der Waals surface area contributed by atoms with Crippen molar-refractivity contribution in [2.24, 2.45) is 11.7 Å². The lowest BCUT2D eigenvalue weighted by Gasteiger charge is -2.37. The highest BCUT2D eigenvalue weighted by Crippen LogP contribution is 2.38. The van der Waals surface area contributed by atoms with Gasteiger partial charge in [0.1, 0.15) is 5.54 Å². The highest BCUT2D eigenvalue weighted by molar-refractivity contribution is 5.85. The van der Waals surface area contributed by atoms with Gasteiger partial charge in [-0.1, -0.05) is 32.6 Å². The van der Waals surface area contributed by atoms with Crippen LogP contribution in [0, 0.1) is 5.92 Å². The Morgan fingerprint density at radius 1 is 1.24 bits per heavy atom. The summed E-state index contributed by atoms with van der Waals surface area (Å²) in [6.45, 7) is 4.51. The van der Waals surface area contributed by atoms with Crippen molar-refractivity contribution in [3.8, 4) is 0 Å². The van der Waals surface area contributed by atoms with Gasteiger partial charge in [0.25, 0.3) is 0 Å². The highest BCUT2D eigenvalue weighted by atomic mass is 16.1. The lowest BCUT2D eigenvalue weighted by atomic mass is 9.83. The number of nitrogens with zero attached hydrogens (tertiary/aromatic N) is 1. The van der Waals surface area contributed by atoms with Crippen molar-refractivity contribution in [1.82, 2.24) is 10.2 Å². The lowest BCUT2D eigenvalue weighted by Crippen LogP contribution is -2.57. The average molecular weight is 295 g/mol. The van der Waals surface area contributed by atoms with Crippen LogP contribution in [0.25, 0.3) is 0 Å². The molecule has 0 radical (unpaired) electrons. The van der Waals surface area contributed by atoms with E-state index in [1.165, 1.54) is 32.1 Å². The number of hydrogen-bond acceptors (Lipinski definition) is 3. The summed E-state index contributed by atoms with van der Waals surface area (Å²) in [5, 5.41) is 3.26. The van der Waals surface area contributed by atoms with Gasteiger partial charge in [-0.05, 0) is 58.2 Å². The van der Waals surface area contributed by atoms with Crippen molar-refractivity contribution in [2.75, 3.05) is 20.1 Å². The molecule has 2 saturated carbocycles. The van der Waals surface area contributed by atoms with Gasteiger partial charge in [-0.15, -0.1) is 0 Å². The second-order valence-electron chi connectivity index (χ2n) is 6.88. The van der Waals surface area contributed by atoms with Crippen LogP contribution in [-0.4, -0.2) is 42.5 Å². The minimum atomic E-state index is -0.452. The van der Waals surface area contributed by atoms with Crippen LogP contribution >= 0.6 is 0 Å². The summed E-state index contributed by atoms with van der Waals surface area (Å²) >= 11 is 0. The van der Waals surface area contributed by atoms with Crippen LogP contribution < -0.4 is 11.1 Å². The molecule has 0 bridgehead atoms. The minimum absolute atomic E-state index is 0.159. The third-order valence-corrected chi connectivity index (χ3v) is 5.97. The second-order valence-corrected chi connectivity index (χ2v) is 6.88. The molecule has 2 aliphatic carbocycles. The Hall–Kier alpha value is -0.610. The van der Waals surface area contributed by atoms with Crippen LogP contribution in [-0.2, 0) is 4.79 Å². The zero-order chi connectivity index (χ0) is 15.3. The minimum Gasteiger partial charge on any atom is -0.368 e. The Bertz CT molecular complexity index is 341. The molecule has 3 N–H and O–H groups in total. The number of amides is 1. The number of primary amides is 1. The molecule has 21 heavy (non-hydrogen) atoms. The van der Waals surface area contributed by atoms with Gasteiger partial charge in [0.2, 0.25) is 5.91 Å². The Labute approximate surface area is 129 Å². The molecule has 0 aromatic heterocycles. The van der Waals surface area contributed by atoms with E-state index in [1.807, 2.05) is 7.05 Å². The fourth-order valence-corrected chi connectivity index (χ4v) is 4.61. The van der Waals surface area contributed by atoms with E-state index in [1.54, 1.807) is 0 Å². The Morgan fingerprint density at radius 2 is 1.95 bits per heavy atom. The van der Waals surface area contributed by atoms with Crippen molar-refractivity contribution < 1.29 is 4.79 Å². The number of rotatable bonds is 7. The number of hydrogen-bond donors (Lipinski definition) is 2. The van der Waals surface area contributed by atoms with Crippen molar-refractivity contribution in [3.63, 3.8) is 0 Å². The summed E-state index contributed by atoms with van der Waals surface area (Å²) in [5.41, 5.74) is 5.25. The number of carbonyl (C=O) groups is 1. The summed E-state index contributed by atoms with van der Waals surface area (Å²) in [5.74, 6) is 0.242. The van der Waals surface area contributed by atoms with E-state index < -0.39 is 5.54 Å². The molecule has 2 aliphatic rings. The van der Waals surface area contributed by atoms with Crippen molar-refractivity contribution in [2.45, 2.75) is 76.3 Å². The first-order chi connectivity index (χ1) is 10.1. The average Bonchev–Trinajstić information content (AvgIpc) is 2.93. The lowest BCUT2D eigenvalue weighted by molar-refractivity contribution is -0.125. The third-order valence-electron chi connectivity index (χ3n) is 5.97. The zero-order valence-corrected chi connectivity index (χ0v) is 13.9. The highest BCUT2D eigenvalue weighted by Gasteiger charge is 2.46. The van der Waals surface area contributed by atoms with Crippen LogP contribution in [0.4, 0.5) is 0 Å². The topological polar surface area (TPSA) is 58.4 Å². The molecule has 2 unspecified atom stereocenters. The molecule has 122 valence electrons. The van der Waals surface area contributed by atoms with E-state index in [9.17, 15) is 4.79 Å². The molecule has 2 atom stereocenters. The first-order valence-corrected chi connectivity index (χ1v) is 8.87. The Balaban J connectivity index is 1.92. The Kier molecular flexibility index (Phi) is 6.06. The summed E-state index contributed by atoms with van der Waals surface area (Å²) in [7, 11) is 1.89. The van der Waals surface area contributed by atoms with Crippen LogP contribution in [0.2, 0.25) is 0 Å². The molecule has 0 spiro atoms. The summed E-state index contributed by atoms with van der Waals surface area (Å²) in [6.07, 6.45) is 11.1. The molecule has 0 aliphatic heterocycles. The van der Waals surface area contributed by atoms with Crippen molar-refractivity contribution in [1.29, 1.82) is 0 Å². The maximum Gasteiger partial charge on any atom is 0.238 e. The van der Waals surface area contributed by atoms with Gasteiger partial charge >= 0.3 is 0 Å². The number of nitrogens with one attached hydrogen (secondary N) is 1. The maximum absolute atomic E-state index is 11.9. The van der Waals surface area contributed by atoms with E-state index >= 15 is 0 Å².